The van der Waals surface area contributed by atoms with E-state index >= 15 is 0 Å². The van der Waals surface area contributed by atoms with Crippen LogP contribution in [0, 0.1) is 5.41 Å². The average molecular weight is 483 g/mol. The van der Waals surface area contributed by atoms with Crippen molar-refractivity contribution in [2.24, 2.45) is 10.4 Å². The molecule has 0 aliphatic carbocycles. The Morgan fingerprint density at radius 3 is 2.74 bits per heavy atom. The van der Waals surface area contributed by atoms with Gasteiger partial charge in [-0.2, -0.15) is 0 Å². The zero-order valence-corrected chi connectivity index (χ0v) is 18.2. The van der Waals surface area contributed by atoms with E-state index in [-0.39, 0.29) is 36.0 Å². The van der Waals surface area contributed by atoms with Gasteiger partial charge in [-0.15, -0.1) is 24.0 Å². The molecule has 1 aliphatic heterocycles. The summed E-state index contributed by atoms with van der Waals surface area (Å²) >= 11 is 0. The SMILES string of the molecule is CCNC(=NCc1cccc2ccccc12)NCC1(CCO)CCOC1.I. The lowest BCUT2D eigenvalue weighted by atomic mass is 9.84. The van der Waals surface area contributed by atoms with E-state index in [0.717, 1.165) is 38.5 Å². The zero-order chi connectivity index (χ0) is 18.2. The van der Waals surface area contributed by atoms with Crippen LogP contribution in [0.3, 0.4) is 0 Å². The second-order valence-corrected chi connectivity index (χ2v) is 6.96. The molecule has 0 bridgehead atoms. The molecule has 5 nitrogen and oxygen atoms in total. The van der Waals surface area contributed by atoms with Crippen molar-refractivity contribution in [1.82, 2.24) is 10.6 Å². The number of aliphatic hydroxyl groups is 1. The molecule has 2 aromatic carbocycles. The number of ether oxygens (including phenoxy) is 1. The Balaban J connectivity index is 0.00000261. The third-order valence-corrected chi connectivity index (χ3v) is 5.09. The summed E-state index contributed by atoms with van der Waals surface area (Å²) in [6.07, 6.45) is 1.73. The van der Waals surface area contributed by atoms with Gasteiger partial charge in [-0.05, 0) is 36.1 Å². The summed E-state index contributed by atoms with van der Waals surface area (Å²) in [6.45, 7) is 5.92. The highest BCUT2D eigenvalue weighted by Crippen LogP contribution is 2.31. The number of hydrogen-bond donors (Lipinski definition) is 3. The molecular weight excluding hydrogens is 453 g/mol. The van der Waals surface area contributed by atoms with Crippen molar-refractivity contribution in [1.29, 1.82) is 0 Å². The predicted molar refractivity (Wildman–Crippen MR) is 122 cm³/mol. The third-order valence-electron chi connectivity index (χ3n) is 5.09. The fourth-order valence-electron chi connectivity index (χ4n) is 3.52. The number of benzene rings is 2. The molecule has 0 aromatic heterocycles. The van der Waals surface area contributed by atoms with Crippen LogP contribution in [0.5, 0.6) is 0 Å². The van der Waals surface area contributed by atoms with Gasteiger partial charge in [0.2, 0.25) is 0 Å². The van der Waals surface area contributed by atoms with Crippen molar-refractivity contribution >= 4 is 40.7 Å². The number of rotatable bonds is 7. The molecule has 148 valence electrons. The van der Waals surface area contributed by atoms with Crippen molar-refractivity contribution in [2.75, 3.05) is 32.9 Å². The summed E-state index contributed by atoms with van der Waals surface area (Å²) in [7, 11) is 0. The van der Waals surface area contributed by atoms with Gasteiger partial charge >= 0.3 is 0 Å². The summed E-state index contributed by atoms with van der Waals surface area (Å²) in [5.41, 5.74) is 1.22. The Bertz CT molecular complexity index is 740. The molecular formula is C21H30IN3O2. The smallest absolute Gasteiger partial charge is 0.191 e. The van der Waals surface area contributed by atoms with Gasteiger partial charge in [0.05, 0.1) is 13.2 Å². The van der Waals surface area contributed by atoms with Crippen LogP contribution in [0.25, 0.3) is 10.8 Å². The van der Waals surface area contributed by atoms with Gasteiger partial charge in [-0.3, -0.25) is 0 Å². The van der Waals surface area contributed by atoms with Crippen LogP contribution in [-0.2, 0) is 11.3 Å². The molecule has 0 radical (unpaired) electrons. The van der Waals surface area contributed by atoms with E-state index in [4.69, 9.17) is 9.73 Å². The first kappa shape index (κ1) is 21.9. The van der Waals surface area contributed by atoms with Crippen LogP contribution in [0.4, 0.5) is 0 Å². The van der Waals surface area contributed by atoms with Crippen LogP contribution in [0.2, 0.25) is 0 Å². The quantitative estimate of drug-likeness (QED) is 0.321. The van der Waals surface area contributed by atoms with Crippen molar-refractivity contribution in [3.63, 3.8) is 0 Å². The molecule has 3 rings (SSSR count). The number of guanidine groups is 1. The molecule has 1 saturated heterocycles. The first-order chi connectivity index (χ1) is 12.8. The number of nitrogens with one attached hydrogen (secondary N) is 2. The van der Waals surface area contributed by atoms with E-state index in [1.165, 1.54) is 16.3 Å². The maximum Gasteiger partial charge on any atom is 0.191 e. The molecule has 0 amide bonds. The van der Waals surface area contributed by atoms with Crippen molar-refractivity contribution < 1.29 is 9.84 Å². The maximum absolute atomic E-state index is 9.38. The fourth-order valence-corrected chi connectivity index (χ4v) is 3.52. The number of nitrogens with zero attached hydrogens (tertiary/aromatic N) is 1. The molecule has 3 N–H and O–H groups in total. The van der Waals surface area contributed by atoms with Crippen LogP contribution in [-0.4, -0.2) is 44.0 Å². The molecule has 1 heterocycles. The van der Waals surface area contributed by atoms with Gasteiger partial charge < -0.3 is 20.5 Å². The molecule has 27 heavy (non-hydrogen) atoms. The van der Waals surface area contributed by atoms with E-state index in [1.807, 2.05) is 0 Å². The minimum Gasteiger partial charge on any atom is -0.396 e. The predicted octanol–water partition coefficient (Wildman–Crippen LogP) is 3.30. The lowest BCUT2D eigenvalue weighted by Gasteiger charge is -2.27. The summed E-state index contributed by atoms with van der Waals surface area (Å²) in [5.74, 6) is 0.810. The Kier molecular flexibility index (Phi) is 8.79. The summed E-state index contributed by atoms with van der Waals surface area (Å²) in [5, 5.41) is 18.6. The van der Waals surface area contributed by atoms with Gasteiger partial charge in [0.15, 0.2) is 5.96 Å². The summed E-state index contributed by atoms with van der Waals surface area (Å²) < 4.78 is 5.57. The van der Waals surface area contributed by atoms with Crippen LogP contribution >= 0.6 is 24.0 Å². The van der Waals surface area contributed by atoms with Crippen LogP contribution in [0.1, 0.15) is 25.3 Å². The Morgan fingerprint density at radius 1 is 1.19 bits per heavy atom. The van der Waals surface area contributed by atoms with Gasteiger partial charge in [0, 0.05) is 31.7 Å². The number of halogens is 1. The second kappa shape index (κ2) is 10.8. The highest BCUT2D eigenvalue weighted by Gasteiger charge is 2.34. The summed E-state index contributed by atoms with van der Waals surface area (Å²) in [4.78, 5) is 4.78. The largest absolute Gasteiger partial charge is 0.396 e. The van der Waals surface area contributed by atoms with Gasteiger partial charge in [0.25, 0.3) is 0 Å². The molecule has 1 aliphatic rings. The third kappa shape index (κ3) is 5.80. The average Bonchev–Trinajstić information content (AvgIpc) is 3.13. The molecule has 1 fully saturated rings. The Labute approximate surface area is 178 Å². The van der Waals surface area contributed by atoms with Crippen molar-refractivity contribution in [3.8, 4) is 0 Å². The zero-order valence-electron chi connectivity index (χ0n) is 15.9. The van der Waals surface area contributed by atoms with E-state index in [0.29, 0.717) is 13.2 Å². The molecule has 1 unspecified atom stereocenters. The molecule has 6 heteroatoms. The minimum atomic E-state index is 0. The molecule has 0 saturated carbocycles. The van der Waals surface area contributed by atoms with E-state index in [2.05, 4.69) is 60.0 Å². The van der Waals surface area contributed by atoms with Crippen molar-refractivity contribution in [2.45, 2.75) is 26.3 Å². The monoisotopic (exact) mass is 483 g/mol. The molecule has 0 spiro atoms. The molecule has 1 atom stereocenters. The first-order valence-electron chi connectivity index (χ1n) is 9.44. The van der Waals surface area contributed by atoms with Crippen molar-refractivity contribution in [3.05, 3.63) is 48.0 Å². The topological polar surface area (TPSA) is 65.9 Å². The van der Waals surface area contributed by atoms with Gasteiger partial charge in [-0.25, -0.2) is 4.99 Å². The highest BCUT2D eigenvalue weighted by atomic mass is 127. The van der Waals surface area contributed by atoms with E-state index in [1.54, 1.807) is 0 Å². The lowest BCUT2D eigenvalue weighted by Crippen LogP contribution is -2.44. The van der Waals surface area contributed by atoms with Crippen LogP contribution in [0.15, 0.2) is 47.5 Å². The Morgan fingerprint density at radius 2 is 2.00 bits per heavy atom. The summed E-state index contributed by atoms with van der Waals surface area (Å²) in [6, 6.07) is 14.7. The number of aliphatic hydroxyl groups excluding tert-OH is 1. The highest BCUT2D eigenvalue weighted by molar-refractivity contribution is 14.0. The standard InChI is InChI=1S/C21H29N3O2.HI/c1-2-22-20(24-15-21(10-12-25)11-13-26-16-21)23-14-18-8-5-7-17-6-3-4-9-19(17)18;/h3-9,25H,2,10-16H2,1H3,(H2,22,23,24);1H. The second-order valence-electron chi connectivity index (χ2n) is 6.96. The van der Waals surface area contributed by atoms with E-state index in [9.17, 15) is 5.11 Å². The number of aliphatic imine (C=N–C) groups is 1. The van der Waals surface area contributed by atoms with Gasteiger partial charge in [0.1, 0.15) is 0 Å². The number of fused-ring (bicyclic) bond motifs is 1. The Hall–Kier alpha value is -1.38. The minimum absolute atomic E-state index is 0. The maximum atomic E-state index is 9.38. The number of hydrogen-bond acceptors (Lipinski definition) is 3. The van der Waals surface area contributed by atoms with Gasteiger partial charge in [-0.1, -0.05) is 42.5 Å². The van der Waals surface area contributed by atoms with E-state index < -0.39 is 0 Å². The lowest BCUT2D eigenvalue weighted by molar-refractivity contribution is 0.127. The normalized spacial score (nSPS) is 19.7. The fraction of sp³-hybridized carbons (Fsp3) is 0.476. The van der Waals surface area contributed by atoms with Crippen LogP contribution < -0.4 is 10.6 Å². The first-order valence-corrected chi connectivity index (χ1v) is 9.44. The molecule has 2 aromatic rings.